The Bertz CT molecular complexity index is 360. The van der Waals surface area contributed by atoms with Gasteiger partial charge in [-0.05, 0) is 12.1 Å². The average Bonchev–Trinajstić information content (AvgIpc) is 2.26. The highest BCUT2D eigenvalue weighted by molar-refractivity contribution is 5.32. The normalized spacial score (nSPS) is 9.93. The van der Waals surface area contributed by atoms with Crippen LogP contribution >= 0.6 is 0 Å². The second-order valence-electron chi connectivity index (χ2n) is 3.09. The molecule has 15 heavy (non-hydrogen) atoms. The van der Waals surface area contributed by atoms with Crippen LogP contribution in [0.5, 0.6) is 0 Å². The van der Waals surface area contributed by atoms with Crippen LogP contribution in [0.3, 0.4) is 0 Å². The zero-order valence-electron chi connectivity index (χ0n) is 8.59. The van der Waals surface area contributed by atoms with E-state index in [4.69, 9.17) is 10.00 Å². The molecule has 4 heteroatoms. The van der Waals surface area contributed by atoms with E-state index in [1.54, 1.807) is 19.2 Å². The molecule has 0 aliphatic carbocycles. The molecule has 0 heterocycles. The van der Waals surface area contributed by atoms with Crippen molar-refractivity contribution in [2.24, 2.45) is 0 Å². The molecular formula is C11H13FN2O. The highest BCUT2D eigenvalue weighted by Crippen LogP contribution is 2.09. The molecule has 1 rings (SSSR count). The molecule has 1 aromatic rings. The van der Waals surface area contributed by atoms with Crippen LogP contribution in [0.15, 0.2) is 18.2 Å². The van der Waals surface area contributed by atoms with Crippen molar-refractivity contribution in [2.45, 2.75) is 6.54 Å². The summed E-state index contributed by atoms with van der Waals surface area (Å²) >= 11 is 0. The fraction of sp³-hybridized carbons (Fsp3) is 0.364. The van der Waals surface area contributed by atoms with Gasteiger partial charge in [-0.15, -0.1) is 0 Å². The smallest absolute Gasteiger partial charge is 0.129 e. The van der Waals surface area contributed by atoms with Crippen molar-refractivity contribution in [3.63, 3.8) is 0 Å². The van der Waals surface area contributed by atoms with Crippen LogP contribution in [0.1, 0.15) is 11.1 Å². The summed E-state index contributed by atoms with van der Waals surface area (Å²) in [6.07, 6.45) is 0. The minimum atomic E-state index is -0.348. The van der Waals surface area contributed by atoms with Gasteiger partial charge < -0.3 is 10.1 Å². The lowest BCUT2D eigenvalue weighted by Gasteiger charge is -2.05. The van der Waals surface area contributed by atoms with E-state index in [-0.39, 0.29) is 5.82 Å². The number of hydrogen-bond donors (Lipinski definition) is 1. The first-order valence-electron chi connectivity index (χ1n) is 4.66. The summed E-state index contributed by atoms with van der Waals surface area (Å²) in [7, 11) is 1.62. The molecule has 0 atom stereocenters. The van der Waals surface area contributed by atoms with Gasteiger partial charge in [0.15, 0.2) is 0 Å². The lowest BCUT2D eigenvalue weighted by Crippen LogP contribution is -2.19. The molecule has 1 N–H and O–H groups in total. The summed E-state index contributed by atoms with van der Waals surface area (Å²) < 4.78 is 18.2. The van der Waals surface area contributed by atoms with Gasteiger partial charge in [-0.25, -0.2) is 4.39 Å². The van der Waals surface area contributed by atoms with Crippen LogP contribution in [0.25, 0.3) is 0 Å². The second kappa shape index (κ2) is 6.12. The zero-order valence-corrected chi connectivity index (χ0v) is 8.59. The van der Waals surface area contributed by atoms with E-state index in [0.717, 1.165) is 0 Å². The predicted octanol–water partition coefficient (Wildman–Crippen LogP) is 1.43. The molecule has 0 bridgehead atoms. The van der Waals surface area contributed by atoms with Gasteiger partial charge in [-0.1, -0.05) is 6.07 Å². The number of benzene rings is 1. The van der Waals surface area contributed by atoms with Gasteiger partial charge in [-0.3, -0.25) is 0 Å². The van der Waals surface area contributed by atoms with Crippen LogP contribution in [0.2, 0.25) is 0 Å². The molecule has 0 aliphatic rings. The number of rotatable bonds is 5. The monoisotopic (exact) mass is 208 g/mol. The first kappa shape index (κ1) is 11.6. The summed E-state index contributed by atoms with van der Waals surface area (Å²) in [5, 5.41) is 11.6. The van der Waals surface area contributed by atoms with Crippen molar-refractivity contribution in [3.8, 4) is 6.07 Å². The maximum Gasteiger partial charge on any atom is 0.129 e. The molecule has 0 unspecified atom stereocenters. The van der Waals surface area contributed by atoms with Crippen molar-refractivity contribution in [3.05, 3.63) is 35.1 Å². The molecule has 0 amide bonds. The Kier molecular flexibility index (Phi) is 4.75. The summed E-state index contributed by atoms with van der Waals surface area (Å²) in [6.45, 7) is 1.72. The van der Waals surface area contributed by atoms with Crippen LogP contribution < -0.4 is 5.32 Å². The van der Waals surface area contributed by atoms with Crippen molar-refractivity contribution in [1.82, 2.24) is 5.32 Å². The standard InChI is InChI=1S/C11H13FN2O/c1-15-5-4-14-8-10-3-2-9(7-13)6-11(10)12/h2-3,6,14H,4-5,8H2,1H3. The first-order valence-corrected chi connectivity index (χ1v) is 4.66. The molecule has 0 radical (unpaired) electrons. The lowest BCUT2D eigenvalue weighted by atomic mass is 10.1. The molecule has 0 aliphatic heterocycles. The third-order valence-corrected chi connectivity index (χ3v) is 1.98. The molecular weight excluding hydrogens is 195 g/mol. The van der Waals surface area contributed by atoms with Crippen LogP contribution in [0.4, 0.5) is 4.39 Å². The van der Waals surface area contributed by atoms with E-state index < -0.39 is 0 Å². The number of ether oxygens (including phenoxy) is 1. The quantitative estimate of drug-likeness (QED) is 0.744. The molecule has 80 valence electrons. The number of nitriles is 1. The van der Waals surface area contributed by atoms with Gasteiger partial charge in [0.2, 0.25) is 0 Å². The fourth-order valence-electron chi connectivity index (χ4n) is 1.16. The van der Waals surface area contributed by atoms with Crippen LogP contribution in [0, 0.1) is 17.1 Å². The van der Waals surface area contributed by atoms with E-state index in [1.165, 1.54) is 6.07 Å². The number of nitrogens with zero attached hydrogens (tertiary/aromatic N) is 1. The number of halogens is 1. The van der Waals surface area contributed by atoms with Crippen molar-refractivity contribution < 1.29 is 9.13 Å². The van der Waals surface area contributed by atoms with E-state index in [1.807, 2.05) is 6.07 Å². The maximum atomic E-state index is 13.3. The lowest BCUT2D eigenvalue weighted by molar-refractivity contribution is 0.199. The van der Waals surface area contributed by atoms with Gasteiger partial charge in [0.1, 0.15) is 5.82 Å². The predicted molar refractivity (Wildman–Crippen MR) is 54.7 cm³/mol. The highest BCUT2D eigenvalue weighted by atomic mass is 19.1. The molecule has 3 nitrogen and oxygen atoms in total. The Morgan fingerprint density at radius 3 is 2.93 bits per heavy atom. The molecule has 0 aromatic heterocycles. The minimum Gasteiger partial charge on any atom is -0.383 e. The summed E-state index contributed by atoms with van der Waals surface area (Å²) in [6, 6.07) is 6.36. The van der Waals surface area contributed by atoms with Crippen molar-refractivity contribution >= 4 is 0 Å². The van der Waals surface area contributed by atoms with Crippen LogP contribution in [-0.2, 0) is 11.3 Å². The number of methoxy groups -OCH3 is 1. The van der Waals surface area contributed by atoms with Gasteiger partial charge >= 0.3 is 0 Å². The van der Waals surface area contributed by atoms with E-state index in [2.05, 4.69) is 5.32 Å². The third kappa shape index (κ3) is 3.66. The van der Waals surface area contributed by atoms with E-state index >= 15 is 0 Å². The Morgan fingerprint density at radius 1 is 1.53 bits per heavy atom. The van der Waals surface area contributed by atoms with Gasteiger partial charge in [0, 0.05) is 25.8 Å². The van der Waals surface area contributed by atoms with Crippen molar-refractivity contribution in [1.29, 1.82) is 5.26 Å². The van der Waals surface area contributed by atoms with Crippen molar-refractivity contribution in [2.75, 3.05) is 20.3 Å². The second-order valence-corrected chi connectivity index (χ2v) is 3.09. The fourth-order valence-corrected chi connectivity index (χ4v) is 1.16. The Hall–Kier alpha value is -1.44. The number of nitrogens with one attached hydrogen (secondary N) is 1. The zero-order chi connectivity index (χ0) is 11.1. The third-order valence-electron chi connectivity index (χ3n) is 1.98. The molecule has 1 aromatic carbocycles. The summed E-state index contributed by atoms with van der Waals surface area (Å²) in [5.41, 5.74) is 0.901. The van der Waals surface area contributed by atoms with E-state index in [0.29, 0.717) is 30.8 Å². The van der Waals surface area contributed by atoms with E-state index in [9.17, 15) is 4.39 Å². The topological polar surface area (TPSA) is 45.0 Å². The summed E-state index contributed by atoms with van der Waals surface area (Å²) in [4.78, 5) is 0. The molecule has 0 spiro atoms. The largest absolute Gasteiger partial charge is 0.383 e. The SMILES string of the molecule is COCCNCc1ccc(C#N)cc1F. The number of hydrogen-bond acceptors (Lipinski definition) is 3. The van der Waals surface area contributed by atoms with Gasteiger partial charge in [0.25, 0.3) is 0 Å². The average molecular weight is 208 g/mol. The maximum absolute atomic E-state index is 13.3. The van der Waals surface area contributed by atoms with Crippen LogP contribution in [-0.4, -0.2) is 20.3 Å². The Morgan fingerprint density at radius 2 is 2.33 bits per heavy atom. The highest BCUT2D eigenvalue weighted by Gasteiger charge is 2.02. The van der Waals surface area contributed by atoms with Gasteiger partial charge in [-0.2, -0.15) is 5.26 Å². The first-order chi connectivity index (χ1) is 7.27. The minimum absolute atomic E-state index is 0.341. The Labute approximate surface area is 88.5 Å². The van der Waals surface area contributed by atoms with Gasteiger partial charge in [0.05, 0.1) is 18.2 Å². The summed E-state index contributed by atoms with van der Waals surface area (Å²) in [5.74, 6) is -0.348. The molecule has 0 fully saturated rings. The molecule has 0 saturated heterocycles. The molecule has 0 saturated carbocycles. The Balaban J connectivity index is 2.52.